The van der Waals surface area contributed by atoms with Gasteiger partial charge in [-0.05, 0) is 50.1 Å². The van der Waals surface area contributed by atoms with Crippen molar-refractivity contribution in [2.75, 3.05) is 33.5 Å². The Bertz CT molecular complexity index is 1290. The second kappa shape index (κ2) is 13.9. The van der Waals surface area contributed by atoms with Gasteiger partial charge in [0.1, 0.15) is 19.0 Å². The topological polar surface area (TPSA) is 126 Å². The highest BCUT2D eigenvalue weighted by atomic mass is 16.6. The molecule has 10 nitrogen and oxygen atoms in total. The minimum absolute atomic E-state index is 0.0276. The summed E-state index contributed by atoms with van der Waals surface area (Å²) in [7, 11) is 1.24. The number of hydrogen-bond donors (Lipinski definition) is 1. The van der Waals surface area contributed by atoms with Crippen LogP contribution in [-0.4, -0.2) is 50.4 Å². The molecule has 0 fully saturated rings. The van der Waals surface area contributed by atoms with Gasteiger partial charge < -0.3 is 24.3 Å². The third-order valence-electron chi connectivity index (χ3n) is 6.00. The number of benzene rings is 2. The number of dihydropyridines is 1. The first-order valence-electron chi connectivity index (χ1n) is 12.4. The molecule has 1 aliphatic heterocycles. The fourth-order valence-corrected chi connectivity index (χ4v) is 4.22. The summed E-state index contributed by atoms with van der Waals surface area (Å²) in [6.07, 6.45) is 3.50. The quantitative estimate of drug-likeness (QED) is 0.178. The molecule has 1 unspecified atom stereocenters. The zero-order valence-corrected chi connectivity index (χ0v) is 22.4. The molecule has 0 spiro atoms. The van der Waals surface area contributed by atoms with E-state index < -0.39 is 22.8 Å². The molecule has 2 aromatic rings. The van der Waals surface area contributed by atoms with Gasteiger partial charge in [0.2, 0.25) is 0 Å². The SMILES string of the molecule is CCOCCOc1ccc(C=CCOC(=O)C2=C(C)NC(C)=C(C(=O)OC)C2c2cccc([N+](=O)[O-])c2)cc1. The van der Waals surface area contributed by atoms with Gasteiger partial charge >= 0.3 is 11.9 Å². The number of nitro groups is 1. The molecule has 3 rings (SSSR count). The van der Waals surface area contributed by atoms with E-state index in [0.29, 0.717) is 36.8 Å². The van der Waals surface area contributed by atoms with Crippen molar-refractivity contribution in [1.29, 1.82) is 0 Å². The minimum atomic E-state index is -0.912. The largest absolute Gasteiger partial charge is 0.491 e. The molecular formula is C29H32N2O8. The number of rotatable bonds is 12. The van der Waals surface area contributed by atoms with Crippen molar-refractivity contribution >= 4 is 23.7 Å². The predicted octanol–water partition coefficient (Wildman–Crippen LogP) is 4.67. The maximum Gasteiger partial charge on any atom is 0.337 e. The van der Waals surface area contributed by atoms with Crippen molar-refractivity contribution in [3.63, 3.8) is 0 Å². The van der Waals surface area contributed by atoms with Crippen LogP contribution in [0.5, 0.6) is 5.75 Å². The molecule has 0 saturated heterocycles. The van der Waals surface area contributed by atoms with E-state index in [-0.39, 0.29) is 23.4 Å². The molecule has 0 aliphatic carbocycles. The first-order chi connectivity index (χ1) is 18.8. The van der Waals surface area contributed by atoms with E-state index >= 15 is 0 Å². The summed E-state index contributed by atoms with van der Waals surface area (Å²) in [5, 5.41) is 14.4. The van der Waals surface area contributed by atoms with Crippen LogP contribution in [0.25, 0.3) is 6.08 Å². The van der Waals surface area contributed by atoms with Gasteiger partial charge in [-0.1, -0.05) is 30.3 Å². The Morgan fingerprint density at radius 3 is 2.36 bits per heavy atom. The molecule has 0 saturated carbocycles. The zero-order chi connectivity index (χ0) is 28.4. The van der Waals surface area contributed by atoms with E-state index in [4.69, 9.17) is 18.9 Å². The maximum atomic E-state index is 13.3. The average molecular weight is 537 g/mol. The van der Waals surface area contributed by atoms with E-state index in [1.165, 1.54) is 25.3 Å². The number of nitrogens with zero attached hydrogens (tertiary/aromatic N) is 1. The fourth-order valence-electron chi connectivity index (χ4n) is 4.22. The molecule has 1 N–H and O–H groups in total. The molecule has 0 radical (unpaired) electrons. The van der Waals surface area contributed by atoms with Crippen molar-refractivity contribution in [2.24, 2.45) is 0 Å². The molecule has 10 heteroatoms. The van der Waals surface area contributed by atoms with Gasteiger partial charge in [-0.2, -0.15) is 0 Å². The lowest BCUT2D eigenvalue weighted by molar-refractivity contribution is -0.384. The van der Waals surface area contributed by atoms with Crippen molar-refractivity contribution in [2.45, 2.75) is 26.7 Å². The van der Waals surface area contributed by atoms with Gasteiger partial charge in [0.15, 0.2) is 0 Å². The predicted molar refractivity (Wildman–Crippen MR) is 145 cm³/mol. The highest BCUT2D eigenvalue weighted by Gasteiger charge is 2.38. The third-order valence-corrected chi connectivity index (χ3v) is 6.00. The first-order valence-corrected chi connectivity index (χ1v) is 12.4. The first kappa shape index (κ1) is 29.1. The second-order valence-corrected chi connectivity index (χ2v) is 8.59. The Hall–Kier alpha value is -4.44. The summed E-state index contributed by atoms with van der Waals surface area (Å²) < 4.78 is 21.4. The summed E-state index contributed by atoms with van der Waals surface area (Å²) >= 11 is 0. The molecule has 0 amide bonds. The number of esters is 2. The summed E-state index contributed by atoms with van der Waals surface area (Å²) in [6, 6.07) is 13.3. The average Bonchev–Trinajstić information content (AvgIpc) is 2.93. The van der Waals surface area contributed by atoms with Crippen LogP contribution in [-0.2, 0) is 23.8 Å². The summed E-state index contributed by atoms with van der Waals surface area (Å²) in [6.45, 7) is 6.89. The highest BCUT2D eigenvalue weighted by Crippen LogP contribution is 2.40. The van der Waals surface area contributed by atoms with Crippen molar-refractivity contribution in [3.05, 3.63) is 98.4 Å². The lowest BCUT2D eigenvalue weighted by Crippen LogP contribution is -2.32. The number of nitrogens with one attached hydrogen (secondary N) is 1. The molecule has 2 aromatic carbocycles. The number of allylic oxidation sites excluding steroid dienone is 2. The van der Waals surface area contributed by atoms with Gasteiger partial charge in [0.05, 0.1) is 35.7 Å². The Morgan fingerprint density at radius 1 is 1.03 bits per heavy atom. The molecule has 1 atom stereocenters. The van der Waals surface area contributed by atoms with E-state index in [0.717, 1.165) is 11.3 Å². The zero-order valence-electron chi connectivity index (χ0n) is 22.4. The minimum Gasteiger partial charge on any atom is -0.491 e. The number of ether oxygens (including phenoxy) is 4. The molecule has 39 heavy (non-hydrogen) atoms. The monoisotopic (exact) mass is 536 g/mol. The molecular weight excluding hydrogens is 504 g/mol. The lowest BCUT2D eigenvalue weighted by Gasteiger charge is -2.30. The van der Waals surface area contributed by atoms with E-state index in [2.05, 4.69) is 5.32 Å². The van der Waals surface area contributed by atoms with E-state index in [1.807, 2.05) is 31.2 Å². The van der Waals surface area contributed by atoms with Crippen molar-refractivity contribution in [1.82, 2.24) is 5.32 Å². The van der Waals surface area contributed by atoms with Crippen molar-refractivity contribution in [3.8, 4) is 5.75 Å². The van der Waals surface area contributed by atoms with Crippen LogP contribution in [0.2, 0.25) is 0 Å². The number of carbonyl (C=O) groups excluding carboxylic acids is 2. The van der Waals surface area contributed by atoms with Crippen LogP contribution in [0.15, 0.2) is 77.1 Å². The lowest BCUT2D eigenvalue weighted by atomic mass is 9.80. The molecule has 0 bridgehead atoms. The number of hydrogen-bond acceptors (Lipinski definition) is 9. The van der Waals surface area contributed by atoms with Crippen molar-refractivity contribution < 1.29 is 33.5 Å². The Balaban J connectivity index is 1.75. The summed E-state index contributed by atoms with van der Waals surface area (Å²) in [5.74, 6) is -1.50. The fraction of sp³-hybridized carbons (Fsp3) is 0.310. The number of carbonyl (C=O) groups is 2. The Labute approximate surface area is 227 Å². The summed E-state index contributed by atoms with van der Waals surface area (Å²) in [4.78, 5) is 36.9. The molecule has 0 aromatic heterocycles. The molecule has 1 aliphatic rings. The van der Waals surface area contributed by atoms with Gasteiger partial charge in [0.25, 0.3) is 5.69 Å². The van der Waals surface area contributed by atoms with Gasteiger partial charge in [-0.15, -0.1) is 0 Å². The highest BCUT2D eigenvalue weighted by molar-refractivity contribution is 6.00. The number of nitro benzene ring substituents is 1. The third kappa shape index (κ3) is 7.55. The standard InChI is InChI=1S/C29H32N2O8/c1-5-37-16-17-38-24-13-11-21(12-14-24)8-7-15-39-29(33)26-20(3)30-19(2)25(28(32)36-4)27(26)22-9-6-10-23(18-22)31(34)35/h6-14,18,27,30H,5,15-17H2,1-4H3. The molecule has 206 valence electrons. The Kier molecular flexibility index (Phi) is 10.4. The van der Waals surface area contributed by atoms with Crippen LogP contribution < -0.4 is 10.1 Å². The van der Waals surface area contributed by atoms with Crippen LogP contribution in [0, 0.1) is 10.1 Å². The van der Waals surface area contributed by atoms with Gasteiger partial charge in [0, 0.05) is 30.1 Å². The summed E-state index contributed by atoms with van der Waals surface area (Å²) in [5.41, 5.74) is 2.43. The normalized spacial score (nSPS) is 15.2. The molecule has 1 heterocycles. The van der Waals surface area contributed by atoms with E-state index in [1.54, 1.807) is 32.1 Å². The van der Waals surface area contributed by atoms with E-state index in [9.17, 15) is 19.7 Å². The van der Waals surface area contributed by atoms with Crippen LogP contribution >= 0.6 is 0 Å². The van der Waals surface area contributed by atoms with Gasteiger partial charge in [-0.25, -0.2) is 9.59 Å². The number of methoxy groups -OCH3 is 1. The second-order valence-electron chi connectivity index (χ2n) is 8.59. The maximum absolute atomic E-state index is 13.3. The van der Waals surface area contributed by atoms with Crippen LogP contribution in [0.4, 0.5) is 5.69 Å². The van der Waals surface area contributed by atoms with Gasteiger partial charge in [-0.3, -0.25) is 10.1 Å². The van der Waals surface area contributed by atoms with Crippen LogP contribution in [0.3, 0.4) is 0 Å². The Morgan fingerprint density at radius 2 is 1.72 bits per heavy atom. The van der Waals surface area contributed by atoms with Crippen LogP contribution in [0.1, 0.15) is 37.8 Å². The number of non-ortho nitro benzene ring substituents is 1. The smallest absolute Gasteiger partial charge is 0.337 e.